The topological polar surface area (TPSA) is 84.5 Å². The van der Waals surface area contributed by atoms with Crippen LogP contribution in [-0.2, 0) is 14.8 Å². The molecule has 1 amide bonds. The number of nitrogens with one attached hydrogen (secondary N) is 2. The van der Waals surface area contributed by atoms with Gasteiger partial charge in [0.2, 0.25) is 15.9 Å². The van der Waals surface area contributed by atoms with Crippen molar-refractivity contribution >= 4 is 15.9 Å². The maximum absolute atomic E-state index is 12.2. The van der Waals surface area contributed by atoms with E-state index in [4.69, 9.17) is 4.74 Å². The van der Waals surface area contributed by atoms with E-state index in [0.29, 0.717) is 24.8 Å². The van der Waals surface area contributed by atoms with Crippen molar-refractivity contribution in [3.8, 4) is 5.75 Å². The molecular formula is C15H24N2O4S. The van der Waals surface area contributed by atoms with Gasteiger partial charge in [-0.2, -0.15) is 4.72 Å². The van der Waals surface area contributed by atoms with Crippen molar-refractivity contribution in [3.05, 3.63) is 24.3 Å². The van der Waals surface area contributed by atoms with E-state index in [1.165, 1.54) is 19.1 Å². The molecule has 0 bridgehead atoms. The minimum atomic E-state index is -3.74. The first-order chi connectivity index (χ1) is 10.3. The van der Waals surface area contributed by atoms with E-state index in [2.05, 4.69) is 10.0 Å². The third-order valence-corrected chi connectivity index (χ3v) is 4.41. The molecule has 0 radical (unpaired) electrons. The average Bonchev–Trinajstić information content (AvgIpc) is 2.45. The fourth-order valence-corrected chi connectivity index (χ4v) is 2.90. The monoisotopic (exact) mass is 328 g/mol. The van der Waals surface area contributed by atoms with E-state index in [0.717, 1.165) is 0 Å². The highest BCUT2D eigenvalue weighted by atomic mass is 32.2. The number of carbonyl (C=O) groups excluding carboxylic acids is 1. The Morgan fingerprint density at radius 3 is 2.27 bits per heavy atom. The molecule has 0 aliphatic heterocycles. The number of amides is 1. The van der Waals surface area contributed by atoms with E-state index < -0.39 is 16.1 Å². The van der Waals surface area contributed by atoms with E-state index >= 15 is 0 Å². The molecule has 124 valence electrons. The zero-order valence-electron chi connectivity index (χ0n) is 13.4. The molecule has 1 aromatic carbocycles. The maximum Gasteiger partial charge on any atom is 0.241 e. The normalized spacial score (nSPS) is 13.0. The molecular weight excluding hydrogens is 304 g/mol. The summed E-state index contributed by atoms with van der Waals surface area (Å²) in [6.07, 6.45) is 0. The second kappa shape index (κ2) is 8.14. The van der Waals surface area contributed by atoms with Crippen LogP contribution in [0.2, 0.25) is 0 Å². The fourth-order valence-electron chi connectivity index (χ4n) is 1.69. The quantitative estimate of drug-likeness (QED) is 0.758. The Balaban J connectivity index is 2.71. The standard InChI is InChI=1S/C15H24N2O4S/c1-5-21-13-6-8-14(9-7-13)22(19,20)17-12(4)15(18)16-10-11(2)3/h6-9,11-12,17H,5,10H2,1-4H3,(H,16,18)/t12-/m0/s1. The van der Waals surface area contributed by atoms with Gasteiger partial charge in [-0.25, -0.2) is 8.42 Å². The summed E-state index contributed by atoms with van der Waals surface area (Å²) in [6.45, 7) is 8.32. The summed E-state index contributed by atoms with van der Waals surface area (Å²) in [5.41, 5.74) is 0. The van der Waals surface area contributed by atoms with Crippen molar-refractivity contribution in [1.29, 1.82) is 0 Å². The molecule has 7 heteroatoms. The molecule has 0 saturated heterocycles. The smallest absolute Gasteiger partial charge is 0.241 e. The summed E-state index contributed by atoms with van der Waals surface area (Å²) in [5, 5.41) is 2.70. The van der Waals surface area contributed by atoms with Gasteiger partial charge in [0.15, 0.2) is 0 Å². The lowest BCUT2D eigenvalue weighted by Gasteiger charge is -2.15. The largest absolute Gasteiger partial charge is 0.494 e. The Morgan fingerprint density at radius 2 is 1.77 bits per heavy atom. The minimum Gasteiger partial charge on any atom is -0.494 e. The molecule has 0 aliphatic rings. The van der Waals surface area contributed by atoms with Crippen molar-refractivity contribution in [3.63, 3.8) is 0 Å². The first-order valence-electron chi connectivity index (χ1n) is 7.29. The van der Waals surface area contributed by atoms with Crippen molar-refractivity contribution in [1.82, 2.24) is 10.0 Å². The first-order valence-corrected chi connectivity index (χ1v) is 8.77. The average molecular weight is 328 g/mol. The minimum absolute atomic E-state index is 0.0967. The third kappa shape index (κ3) is 5.65. The molecule has 1 rings (SSSR count). The van der Waals surface area contributed by atoms with Crippen LogP contribution in [0.1, 0.15) is 27.7 Å². The van der Waals surface area contributed by atoms with Crippen LogP contribution in [0.5, 0.6) is 5.75 Å². The molecule has 0 unspecified atom stereocenters. The molecule has 1 aromatic rings. The predicted molar refractivity (Wildman–Crippen MR) is 85.2 cm³/mol. The van der Waals surface area contributed by atoms with E-state index in [1.54, 1.807) is 12.1 Å². The Hall–Kier alpha value is -1.60. The van der Waals surface area contributed by atoms with Crippen LogP contribution in [0.3, 0.4) is 0 Å². The Morgan fingerprint density at radius 1 is 1.18 bits per heavy atom. The van der Waals surface area contributed by atoms with Crippen molar-refractivity contribution in [2.75, 3.05) is 13.2 Å². The summed E-state index contributed by atoms with van der Waals surface area (Å²) < 4.78 is 32.1. The number of hydrogen-bond donors (Lipinski definition) is 2. The summed E-state index contributed by atoms with van der Waals surface area (Å²) >= 11 is 0. The van der Waals surface area contributed by atoms with Crippen LogP contribution >= 0.6 is 0 Å². The van der Waals surface area contributed by atoms with Gasteiger partial charge in [-0.3, -0.25) is 4.79 Å². The van der Waals surface area contributed by atoms with Gasteiger partial charge in [-0.05, 0) is 44.0 Å². The summed E-state index contributed by atoms with van der Waals surface area (Å²) in [4.78, 5) is 11.9. The number of carbonyl (C=O) groups is 1. The number of benzene rings is 1. The van der Waals surface area contributed by atoms with Gasteiger partial charge in [0, 0.05) is 6.54 Å². The lowest BCUT2D eigenvalue weighted by Crippen LogP contribution is -2.45. The second-order valence-corrected chi connectivity index (χ2v) is 7.10. The number of hydrogen-bond acceptors (Lipinski definition) is 4. The first kappa shape index (κ1) is 18.4. The van der Waals surface area contributed by atoms with Gasteiger partial charge >= 0.3 is 0 Å². The molecule has 0 fully saturated rings. The molecule has 6 nitrogen and oxygen atoms in total. The molecule has 22 heavy (non-hydrogen) atoms. The van der Waals surface area contributed by atoms with E-state index in [9.17, 15) is 13.2 Å². The highest BCUT2D eigenvalue weighted by Gasteiger charge is 2.21. The summed E-state index contributed by atoms with van der Waals surface area (Å²) in [5.74, 6) is 0.561. The maximum atomic E-state index is 12.2. The summed E-state index contributed by atoms with van der Waals surface area (Å²) in [6, 6.07) is 5.23. The molecule has 0 saturated carbocycles. The Bertz CT molecular complexity index is 582. The number of ether oxygens (including phenoxy) is 1. The van der Waals surface area contributed by atoms with Crippen LogP contribution < -0.4 is 14.8 Å². The lowest BCUT2D eigenvalue weighted by atomic mass is 10.2. The Kier molecular flexibility index (Phi) is 6.83. The highest BCUT2D eigenvalue weighted by Crippen LogP contribution is 2.16. The molecule has 0 aliphatic carbocycles. The van der Waals surface area contributed by atoms with Crippen LogP contribution in [0.4, 0.5) is 0 Å². The van der Waals surface area contributed by atoms with E-state index in [-0.39, 0.29) is 10.8 Å². The molecule has 0 heterocycles. The highest BCUT2D eigenvalue weighted by molar-refractivity contribution is 7.89. The molecule has 0 spiro atoms. The molecule has 0 aromatic heterocycles. The van der Waals surface area contributed by atoms with Gasteiger partial charge in [-0.15, -0.1) is 0 Å². The number of rotatable bonds is 8. The zero-order chi connectivity index (χ0) is 16.8. The van der Waals surface area contributed by atoms with Crippen LogP contribution in [-0.4, -0.2) is 33.5 Å². The van der Waals surface area contributed by atoms with Gasteiger partial charge in [0.25, 0.3) is 0 Å². The summed E-state index contributed by atoms with van der Waals surface area (Å²) in [7, 11) is -3.74. The zero-order valence-corrected chi connectivity index (χ0v) is 14.2. The van der Waals surface area contributed by atoms with Gasteiger partial charge in [0.1, 0.15) is 5.75 Å². The molecule has 1 atom stereocenters. The second-order valence-electron chi connectivity index (χ2n) is 5.39. The third-order valence-electron chi connectivity index (χ3n) is 2.85. The number of sulfonamides is 1. The van der Waals surface area contributed by atoms with Crippen molar-refractivity contribution in [2.24, 2.45) is 5.92 Å². The van der Waals surface area contributed by atoms with Crippen LogP contribution in [0.25, 0.3) is 0 Å². The van der Waals surface area contributed by atoms with Crippen LogP contribution in [0, 0.1) is 5.92 Å². The molecule has 2 N–H and O–H groups in total. The fraction of sp³-hybridized carbons (Fsp3) is 0.533. The van der Waals surface area contributed by atoms with Gasteiger partial charge < -0.3 is 10.1 Å². The van der Waals surface area contributed by atoms with Crippen molar-refractivity contribution < 1.29 is 17.9 Å². The predicted octanol–water partition coefficient (Wildman–Crippen LogP) is 1.52. The SMILES string of the molecule is CCOc1ccc(S(=O)(=O)N[C@@H](C)C(=O)NCC(C)C)cc1. The Labute approximate surface area is 132 Å². The van der Waals surface area contributed by atoms with E-state index in [1.807, 2.05) is 20.8 Å². The lowest BCUT2D eigenvalue weighted by molar-refractivity contribution is -0.122. The van der Waals surface area contributed by atoms with Crippen LogP contribution in [0.15, 0.2) is 29.2 Å². The van der Waals surface area contributed by atoms with Gasteiger partial charge in [0.05, 0.1) is 17.5 Å². The van der Waals surface area contributed by atoms with Crippen molar-refractivity contribution in [2.45, 2.75) is 38.6 Å². The van der Waals surface area contributed by atoms with Gasteiger partial charge in [-0.1, -0.05) is 13.8 Å².